The van der Waals surface area contributed by atoms with Gasteiger partial charge in [-0.3, -0.25) is 4.79 Å². The number of nitrogens with zero attached hydrogens (tertiary/aromatic N) is 1. The van der Waals surface area contributed by atoms with Gasteiger partial charge < -0.3 is 30.8 Å². The molecule has 0 radical (unpaired) electrons. The quantitative estimate of drug-likeness (QED) is 0.282. The first-order valence-corrected chi connectivity index (χ1v) is 7.56. The number of oxime groups is 1. The maximum absolute atomic E-state index is 10.7. The predicted molar refractivity (Wildman–Crippen MR) is 91.5 cm³/mol. The Labute approximate surface area is 143 Å². The molecule has 0 amide bonds. The normalized spacial score (nSPS) is 13.4. The summed E-state index contributed by atoms with van der Waals surface area (Å²) in [5.74, 6) is 0.245. The van der Waals surface area contributed by atoms with Crippen LogP contribution in [0.15, 0.2) is 41.6 Å². The number of anilines is 1. The van der Waals surface area contributed by atoms with Gasteiger partial charge in [0.2, 0.25) is 0 Å². The Hall–Kier alpha value is -3.42. The maximum Gasteiger partial charge on any atom is 0.322 e. The van der Waals surface area contributed by atoms with E-state index in [0.717, 1.165) is 5.56 Å². The van der Waals surface area contributed by atoms with E-state index in [1.165, 1.54) is 0 Å². The maximum atomic E-state index is 10.7. The highest BCUT2D eigenvalue weighted by molar-refractivity contribution is 6.04. The number of rotatable bonds is 5. The van der Waals surface area contributed by atoms with Gasteiger partial charge in [0.1, 0.15) is 19.8 Å². The summed E-state index contributed by atoms with van der Waals surface area (Å²) < 4.78 is 11.1. The third-order valence-electron chi connectivity index (χ3n) is 3.70. The highest BCUT2D eigenvalue weighted by Crippen LogP contribution is 2.36. The van der Waals surface area contributed by atoms with Crippen molar-refractivity contribution in [3.8, 4) is 22.6 Å². The fourth-order valence-electron chi connectivity index (χ4n) is 2.56. The number of hydrogen-bond donors (Lipinski definition) is 4. The van der Waals surface area contributed by atoms with E-state index in [4.69, 9.17) is 25.5 Å². The van der Waals surface area contributed by atoms with E-state index in [0.29, 0.717) is 41.5 Å². The van der Waals surface area contributed by atoms with Crippen molar-refractivity contribution < 1.29 is 24.6 Å². The number of hydrogen-bond acceptors (Lipinski definition) is 6. The number of amidine groups is 1. The van der Waals surface area contributed by atoms with Gasteiger partial charge in [-0.1, -0.05) is 11.2 Å². The lowest BCUT2D eigenvalue weighted by Gasteiger charge is -2.19. The van der Waals surface area contributed by atoms with Crippen LogP contribution in [0.2, 0.25) is 0 Å². The van der Waals surface area contributed by atoms with Crippen LogP contribution in [0.1, 0.15) is 5.56 Å². The second-order valence-corrected chi connectivity index (χ2v) is 5.35. The lowest BCUT2D eigenvalue weighted by molar-refractivity contribution is -0.134. The van der Waals surface area contributed by atoms with E-state index in [9.17, 15) is 4.79 Å². The summed E-state index contributed by atoms with van der Waals surface area (Å²) in [7, 11) is 0. The van der Waals surface area contributed by atoms with E-state index in [1.807, 2.05) is 6.07 Å². The van der Waals surface area contributed by atoms with Crippen LogP contribution in [0.25, 0.3) is 11.1 Å². The van der Waals surface area contributed by atoms with Crippen molar-refractivity contribution >= 4 is 17.5 Å². The average molecular weight is 343 g/mol. The zero-order valence-electron chi connectivity index (χ0n) is 13.2. The van der Waals surface area contributed by atoms with E-state index in [2.05, 4.69) is 10.5 Å². The summed E-state index contributed by atoms with van der Waals surface area (Å²) >= 11 is 0. The third kappa shape index (κ3) is 3.57. The smallest absolute Gasteiger partial charge is 0.322 e. The number of carboxylic acids is 1. The van der Waals surface area contributed by atoms with Crippen LogP contribution in [-0.2, 0) is 4.79 Å². The Morgan fingerprint density at radius 2 is 1.92 bits per heavy atom. The number of nitrogens with one attached hydrogen (secondary N) is 1. The molecule has 0 saturated heterocycles. The number of fused-ring (bicyclic) bond motifs is 1. The Bertz CT molecular complexity index is 835. The summed E-state index contributed by atoms with van der Waals surface area (Å²) in [6, 6.07) is 10.5. The van der Waals surface area contributed by atoms with Gasteiger partial charge in [0, 0.05) is 11.3 Å². The lowest BCUT2D eigenvalue weighted by Crippen LogP contribution is -2.16. The highest BCUT2D eigenvalue weighted by atomic mass is 16.6. The molecule has 25 heavy (non-hydrogen) atoms. The Morgan fingerprint density at radius 3 is 2.64 bits per heavy atom. The van der Waals surface area contributed by atoms with Crippen molar-refractivity contribution in [1.82, 2.24) is 0 Å². The number of ether oxygens (including phenoxy) is 2. The highest BCUT2D eigenvalue weighted by Gasteiger charge is 2.16. The zero-order valence-corrected chi connectivity index (χ0v) is 13.2. The molecule has 0 saturated carbocycles. The SMILES string of the molecule is NC(=NO)c1ccc(NCC(=O)O)cc1-c1ccc2c(c1)OCCO2. The number of nitrogens with two attached hydrogens (primary N) is 1. The van der Waals surface area contributed by atoms with Crippen LogP contribution >= 0.6 is 0 Å². The first-order chi connectivity index (χ1) is 12.1. The molecule has 0 aromatic heterocycles. The van der Waals surface area contributed by atoms with Crippen LogP contribution in [-0.4, -0.2) is 41.9 Å². The van der Waals surface area contributed by atoms with E-state index < -0.39 is 5.97 Å². The number of carbonyl (C=O) groups is 1. The molecule has 0 aliphatic carbocycles. The number of aliphatic carboxylic acids is 1. The molecule has 1 aliphatic rings. The Kier molecular flexibility index (Phi) is 4.60. The molecule has 8 heteroatoms. The molecule has 8 nitrogen and oxygen atoms in total. The molecular weight excluding hydrogens is 326 g/mol. The van der Waals surface area contributed by atoms with Crippen molar-refractivity contribution in [1.29, 1.82) is 0 Å². The zero-order chi connectivity index (χ0) is 17.8. The Morgan fingerprint density at radius 1 is 1.16 bits per heavy atom. The van der Waals surface area contributed by atoms with Crippen LogP contribution < -0.4 is 20.5 Å². The fourth-order valence-corrected chi connectivity index (χ4v) is 2.56. The molecule has 0 bridgehead atoms. The van der Waals surface area contributed by atoms with Crippen LogP contribution in [0.3, 0.4) is 0 Å². The summed E-state index contributed by atoms with van der Waals surface area (Å²) in [4.78, 5) is 10.7. The summed E-state index contributed by atoms with van der Waals surface area (Å²) in [6.07, 6.45) is 0. The number of benzene rings is 2. The summed E-state index contributed by atoms with van der Waals surface area (Å²) in [5.41, 5.74) is 8.32. The molecule has 0 spiro atoms. The first kappa shape index (κ1) is 16.4. The van der Waals surface area contributed by atoms with Gasteiger partial charge in [0.25, 0.3) is 0 Å². The van der Waals surface area contributed by atoms with Gasteiger partial charge in [-0.2, -0.15) is 0 Å². The summed E-state index contributed by atoms with van der Waals surface area (Å²) in [5, 5.41) is 23.7. The average Bonchev–Trinajstić information content (AvgIpc) is 2.65. The van der Waals surface area contributed by atoms with Crippen molar-refractivity contribution in [2.75, 3.05) is 25.1 Å². The number of carboxylic acid groups (broad SMARTS) is 1. The van der Waals surface area contributed by atoms with E-state index in [1.54, 1.807) is 30.3 Å². The van der Waals surface area contributed by atoms with E-state index >= 15 is 0 Å². The van der Waals surface area contributed by atoms with Gasteiger partial charge >= 0.3 is 5.97 Å². The monoisotopic (exact) mass is 343 g/mol. The molecule has 2 aromatic carbocycles. The molecule has 3 rings (SSSR count). The predicted octanol–water partition coefficient (Wildman–Crippen LogP) is 1.72. The minimum absolute atomic E-state index is 0.0466. The van der Waals surface area contributed by atoms with Crippen molar-refractivity contribution in [3.05, 3.63) is 42.0 Å². The second-order valence-electron chi connectivity index (χ2n) is 5.35. The third-order valence-corrected chi connectivity index (χ3v) is 3.70. The molecule has 2 aromatic rings. The molecule has 1 heterocycles. The van der Waals surface area contributed by atoms with Gasteiger partial charge in [0.15, 0.2) is 17.3 Å². The molecule has 0 unspecified atom stereocenters. The standard InChI is InChI=1S/C17H17N3O5/c18-17(20-23)12-3-2-11(19-9-16(21)22)8-13(12)10-1-4-14-15(7-10)25-6-5-24-14/h1-4,7-8,19,23H,5-6,9H2,(H2,18,20)(H,21,22). The largest absolute Gasteiger partial charge is 0.486 e. The van der Waals surface area contributed by atoms with Crippen LogP contribution in [0, 0.1) is 0 Å². The molecule has 1 aliphatic heterocycles. The van der Waals surface area contributed by atoms with Crippen LogP contribution in [0.4, 0.5) is 5.69 Å². The minimum atomic E-state index is -0.971. The fraction of sp³-hybridized carbons (Fsp3) is 0.176. The second kappa shape index (κ2) is 7.00. The van der Waals surface area contributed by atoms with Crippen molar-refractivity contribution in [2.24, 2.45) is 10.9 Å². The molecule has 5 N–H and O–H groups in total. The summed E-state index contributed by atoms with van der Waals surface area (Å²) in [6.45, 7) is 0.740. The lowest BCUT2D eigenvalue weighted by atomic mass is 9.97. The van der Waals surface area contributed by atoms with E-state index in [-0.39, 0.29) is 12.4 Å². The molecule has 0 fully saturated rings. The molecular formula is C17H17N3O5. The van der Waals surface area contributed by atoms with Crippen molar-refractivity contribution in [2.45, 2.75) is 0 Å². The first-order valence-electron chi connectivity index (χ1n) is 7.56. The van der Waals surface area contributed by atoms with Crippen LogP contribution in [0.5, 0.6) is 11.5 Å². The van der Waals surface area contributed by atoms with Gasteiger partial charge in [-0.05, 0) is 41.5 Å². The van der Waals surface area contributed by atoms with Gasteiger partial charge in [-0.15, -0.1) is 0 Å². The molecule has 130 valence electrons. The topological polar surface area (TPSA) is 126 Å². The minimum Gasteiger partial charge on any atom is -0.486 e. The van der Waals surface area contributed by atoms with Gasteiger partial charge in [-0.25, -0.2) is 0 Å². The van der Waals surface area contributed by atoms with Crippen molar-refractivity contribution in [3.63, 3.8) is 0 Å². The van der Waals surface area contributed by atoms with Gasteiger partial charge in [0.05, 0.1) is 0 Å². The molecule has 0 atom stereocenters. The Balaban J connectivity index is 2.04.